The van der Waals surface area contributed by atoms with Crippen LogP contribution >= 0.6 is 0 Å². The molecule has 0 fully saturated rings. The predicted octanol–water partition coefficient (Wildman–Crippen LogP) is 4.10. The van der Waals surface area contributed by atoms with E-state index in [4.69, 9.17) is 0 Å². The van der Waals surface area contributed by atoms with Gasteiger partial charge in [0.25, 0.3) is 5.56 Å². The van der Waals surface area contributed by atoms with E-state index in [0.29, 0.717) is 5.52 Å². The summed E-state index contributed by atoms with van der Waals surface area (Å²) in [5.74, 6) is 0. The van der Waals surface area contributed by atoms with Crippen LogP contribution in [0.1, 0.15) is 51.9 Å². The normalized spacial score (nSPS) is 11.6. The van der Waals surface area contributed by atoms with Gasteiger partial charge in [0.05, 0.1) is 17.4 Å². The lowest BCUT2D eigenvalue weighted by atomic mass is 10.1. The first-order valence-electron chi connectivity index (χ1n) is 10.1. The third kappa shape index (κ3) is 3.84. The molecule has 0 aliphatic heterocycles. The van der Waals surface area contributed by atoms with E-state index in [1.54, 1.807) is 17.1 Å². The molecular formula is C21H31N5O. The van der Waals surface area contributed by atoms with Crippen molar-refractivity contribution in [1.82, 2.24) is 19.1 Å². The van der Waals surface area contributed by atoms with Crippen molar-refractivity contribution in [2.24, 2.45) is 7.05 Å². The van der Waals surface area contributed by atoms with Gasteiger partial charge in [-0.3, -0.25) is 9.36 Å². The molecular weight excluding hydrogens is 338 g/mol. The van der Waals surface area contributed by atoms with Gasteiger partial charge in [0.2, 0.25) is 0 Å². The highest BCUT2D eigenvalue weighted by Crippen LogP contribution is 2.30. The maximum Gasteiger partial charge on any atom is 0.277 e. The van der Waals surface area contributed by atoms with Crippen molar-refractivity contribution in [3.05, 3.63) is 28.9 Å². The van der Waals surface area contributed by atoms with Gasteiger partial charge >= 0.3 is 0 Å². The first kappa shape index (κ1) is 19.4. The molecule has 0 saturated heterocycles. The summed E-state index contributed by atoms with van der Waals surface area (Å²) in [6, 6.07) is 1.97. The van der Waals surface area contributed by atoms with Crippen molar-refractivity contribution in [1.29, 1.82) is 0 Å². The zero-order valence-electron chi connectivity index (χ0n) is 17.0. The number of fused-ring (bicyclic) bond motifs is 3. The molecule has 3 aromatic heterocycles. The fourth-order valence-corrected chi connectivity index (χ4v) is 3.76. The van der Waals surface area contributed by atoms with E-state index < -0.39 is 0 Å². The van der Waals surface area contributed by atoms with Crippen molar-refractivity contribution in [2.75, 3.05) is 19.0 Å². The second-order valence-corrected chi connectivity index (χ2v) is 7.54. The lowest BCUT2D eigenvalue weighted by molar-refractivity contribution is 0.540. The van der Waals surface area contributed by atoms with Crippen LogP contribution in [-0.4, -0.2) is 33.2 Å². The molecule has 0 bridgehead atoms. The molecule has 0 N–H and O–H groups in total. The Morgan fingerprint density at radius 1 is 1.04 bits per heavy atom. The highest BCUT2D eigenvalue weighted by atomic mass is 16.1. The molecule has 6 heteroatoms. The number of hydrogen-bond acceptors (Lipinski definition) is 4. The summed E-state index contributed by atoms with van der Waals surface area (Å²) in [6.45, 7) is 2.96. The molecule has 0 radical (unpaired) electrons. The number of unbranched alkanes of at least 4 members (excludes halogenated alkanes) is 6. The Kier molecular flexibility index (Phi) is 6.14. The molecule has 0 atom stereocenters. The van der Waals surface area contributed by atoms with Crippen molar-refractivity contribution >= 4 is 27.8 Å². The van der Waals surface area contributed by atoms with Crippen molar-refractivity contribution in [3.63, 3.8) is 0 Å². The molecule has 0 aromatic carbocycles. The Balaban J connectivity index is 1.85. The Hall–Kier alpha value is -2.37. The van der Waals surface area contributed by atoms with Crippen LogP contribution in [0.25, 0.3) is 22.1 Å². The smallest absolute Gasteiger partial charge is 0.277 e. The van der Waals surface area contributed by atoms with Gasteiger partial charge in [-0.2, -0.15) is 0 Å². The minimum Gasteiger partial charge on any atom is -0.377 e. The monoisotopic (exact) mass is 369 g/mol. The van der Waals surface area contributed by atoms with Crippen LogP contribution in [0.15, 0.2) is 23.4 Å². The minimum absolute atomic E-state index is 0.0242. The third-order valence-corrected chi connectivity index (χ3v) is 5.30. The molecule has 0 unspecified atom stereocenters. The standard InChI is InChI=1S/C21H31N5O/c1-5-6-7-8-9-10-11-14-26-15-23-18-17-16(24(2)3)12-13-22-20(17)25(4)19(18)21(26)27/h12-13,15H,5-11,14H2,1-4H3. The Bertz CT molecular complexity index is 970. The van der Waals surface area contributed by atoms with Crippen LogP contribution < -0.4 is 10.5 Å². The summed E-state index contributed by atoms with van der Waals surface area (Å²) in [7, 11) is 5.89. The molecule has 3 rings (SSSR count). The molecule has 0 amide bonds. The Labute approximate surface area is 160 Å². The predicted molar refractivity (Wildman–Crippen MR) is 113 cm³/mol. The SMILES string of the molecule is CCCCCCCCCn1cnc2c3c(N(C)C)ccnc3n(C)c2c1=O. The molecule has 3 heterocycles. The van der Waals surface area contributed by atoms with Gasteiger partial charge in [-0.05, 0) is 12.5 Å². The van der Waals surface area contributed by atoms with E-state index >= 15 is 0 Å². The van der Waals surface area contributed by atoms with Gasteiger partial charge in [-0.15, -0.1) is 0 Å². The van der Waals surface area contributed by atoms with E-state index in [9.17, 15) is 4.79 Å². The number of aryl methyl sites for hydroxylation is 2. The molecule has 3 aromatic rings. The van der Waals surface area contributed by atoms with Crippen LogP contribution in [0.4, 0.5) is 5.69 Å². The van der Waals surface area contributed by atoms with Crippen LogP contribution in [0.5, 0.6) is 0 Å². The second kappa shape index (κ2) is 8.55. The summed E-state index contributed by atoms with van der Waals surface area (Å²) in [5, 5.41) is 0.945. The van der Waals surface area contributed by atoms with E-state index in [0.717, 1.165) is 41.6 Å². The third-order valence-electron chi connectivity index (χ3n) is 5.30. The van der Waals surface area contributed by atoms with Crippen LogP contribution in [0, 0.1) is 0 Å². The number of nitrogens with zero attached hydrogens (tertiary/aromatic N) is 5. The maximum absolute atomic E-state index is 13.1. The zero-order chi connectivity index (χ0) is 19.4. The maximum atomic E-state index is 13.1. The molecule has 0 aliphatic carbocycles. The van der Waals surface area contributed by atoms with Crippen molar-refractivity contribution in [3.8, 4) is 0 Å². The van der Waals surface area contributed by atoms with Gasteiger partial charge in [0.15, 0.2) is 0 Å². The molecule has 0 aliphatic rings. The lowest BCUT2D eigenvalue weighted by Gasteiger charge is -2.13. The van der Waals surface area contributed by atoms with E-state index in [2.05, 4.69) is 16.9 Å². The fraction of sp³-hybridized carbons (Fsp3) is 0.571. The van der Waals surface area contributed by atoms with E-state index in [-0.39, 0.29) is 5.56 Å². The highest BCUT2D eigenvalue weighted by Gasteiger charge is 2.18. The first-order chi connectivity index (χ1) is 13.1. The molecule has 0 saturated carbocycles. The van der Waals surface area contributed by atoms with Gasteiger partial charge in [-0.25, -0.2) is 9.97 Å². The molecule has 0 spiro atoms. The average Bonchev–Trinajstić information content (AvgIpc) is 2.95. The van der Waals surface area contributed by atoms with Crippen LogP contribution in [0.3, 0.4) is 0 Å². The summed E-state index contributed by atoms with van der Waals surface area (Å²) in [5.41, 5.74) is 3.23. The van der Waals surface area contributed by atoms with E-state index in [1.165, 1.54) is 32.1 Å². The Morgan fingerprint density at radius 3 is 2.44 bits per heavy atom. The zero-order valence-corrected chi connectivity index (χ0v) is 17.0. The van der Waals surface area contributed by atoms with Gasteiger partial charge in [0.1, 0.15) is 16.7 Å². The number of pyridine rings is 1. The van der Waals surface area contributed by atoms with Gasteiger partial charge < -0.3 is 9.47 Å². The van der Waals surface area contributed by atoms with Crippen LogP contribution in [0.2, 0.25) is 0 Å². The first-order valence-corrected chi connectivity index (χ1v) is 10.1. The summed E-state index contributed by atoms with van der Waals surface area (Å²) >= 11 is 0. The van der Waals surface area contributed by atoms with Crippen molar-refractivity contribution < 1.29 is 0 Å². The quantitative estimate of drug-likeness (QED) is 0.533. The Morgan fingerprint density at radius 2 is 1.74 bits per heavy atom. The summed E-state index contributed by atoms with van der Waals surface area (Å²) in [6.07, 6.45) is 12.1. The molecule has 6 nitrogen and oxygen atoms in total. The fourth-order valence-electron chi connectivity index (χ4n) is 3.76. The van der Waals surface area contributed by atoms with Crippen molar-refractivity contribution in [2.45, 2.75) is 58.4 Å². The van der Waals surface area contributed by atoms with Gasteiger partial charge in [-0.1, -0.05) is 45.4 Å². The topological polar surface area (TPSA) is 56.0 Å². The highest BCUT2D eigenvalue weighted by molar-refractivity contribution is 6.10. The largest absolute Gasteiger partial charge is 0.377 e. The molecule has 146 valence electrons. The van der Waals surface area contributed by atoms with E-state index in [1.807, 2.05) is 36.7 Å². The summed E-state index contributed by atoms with van der Waals surface area (Å²) < 4.78 is 3.64. The molecule has 27 heavy (non-hydrogen) atoms. The number of rotatable bonds is 9. The van der Waals surface area contributed by atoms with Gasteiger partial charge in [0, 0.05) is 33.9 Å². The lowest BCUT2D eigenvalue weighted by Crippen LogP contribution is -2.22. The average molecular weight is 370 g/mol. The summed E-state index contributed by atoms with van der Waals surface area (Å²) in [4.78, 5) is 24.2. The number of anilines is 1. The number of hydrogen-bond donors (Lipinski definition) is 0. The van der Waals surface area contributed by atoms with Crippen LogP contribution in [-0.2, 0) is 13.6 Å². The number of aromatic nitrogens is 4. The minimum atomic E-state index is 0.0242. The second-order valence-electron chi connectivity index (χ2n) is 7.54.